The van der Waals surface area contributed by atoms with E-state index in [1.165, 1.54) is 4.90 Å². The van der Waals surface area contributed by atoms with Gasteiger partial charge in [0.05, 0.1) is 28.7 Å². The summed E-state index contributed by atoms with van der Waals surface area (Å²) in [5, 5.41) is 2.86. The molecular weight excluding hydrogens is 570 g/mol. The monoisotopic (exact) mass is 611 g/mol. The highest BCUT2D eigenvalue weighted by Crippen LogP contribution is 2.27. The number of fused-ring (bicyclic) bond motifs is 2. The summed E-state index contributed by atoms with van der Waals surface area (Å²) in [7, 11) is 5.75. The molecule has 0 spiro atoms. The summed E-state index contributed by atoms with van der Waals surface area (Å²) in [5.74, 6) is 2.07. The number of aromatic nitrogens is 4. The third-order valence-corrected chi connectivity index (χ3v) is 7.09. The summed E-state index contributed by atoms with van der Waals surface area (Å²) < 4.78 is 11.3. The Bertz CT molecular complexity index is 1780. The number of carbonyl (C=O) groups excluding carboxylic acids is 2. The van der Waals surface area contributed by atoms with Crippen LogP contribution in [-0.2, 0) is 4.74 Å². The summed E-state index contributed by atoms with van der Waals surface area (Å²) in [6.45, 7) is 7.71. The van der Waals surface area contributed by atoms with Crippen molar-refractivity contribution in [2.45, 2.75) is 32.8 Å². The van der Waals surface area contributed by atoms with Crippen LogP contribution in [0, 0.1) is 0 Å². The van der Waals surface area contributed by atoms with Gasteiger partial charge in [0, 0.05) is 49.4 Å². The number of rotatable bonds is 11. The van der Waals surface area contributed by atoms with Gasteiger partial charge in [-0.05, 0) is 71.6 Å². The first-order valence-corrected chi connectivity index (χ1v) is 15.1. The molecule has 0 aliphatic rings. The van der Waals surface area contributed by atoms with Crippen molar-refractivity contribution in [2.24, 2.45) is 0 Å². The van der Waals surface area contributed by atoms with Gasteiger partial charge in [-0.15, -0.1) is 0 Å². The second-order valence-corrected chi connectivity index (χ2v) is 12.3. The second-order valence-electron chi connectivity index (χ2n) is 12.3. The molecule has 0 saturated heterocycles. The number of nitrogens with one attached hydrogen (secondary N) is 3. The average molecular weight is 612 g/mol. The predicted molar refractivity (Wildman–Crippen MR) is 176 cm³/mol. The highest BCUT2D eigenvalue weighted by molar-refractivity contribution is 5.97. The predicted octanol–water partition coefficient (Wildman–Crippen LogP) is 5.70. The van der Waals surface area contributed by atoms with E-state index in [9.17, 15) is 9.59 Å². The molecule has 0 unspecified atom stereocenters. The number of likely N-dealkylation sites (N-methyl/N-ethyl adjacent to an activating group) is 1. The maximum Gasteiger partial charge on any atom is 0.410 e. The molecule has 3 N–H and O–H groups in total. The average Bonchev–Trinajstić information content (AvgIpc) is 3.62. The lowest BCUT2D eigenvalue weighted by Gasteiger charge is -2.24. The first-order chi connectivity index (χ1) is 21.4. The van der Waals surface area contributed by atoms with Crippen molar-refractivity contribution in [3.05, 3.63) is 66.2 Å². The van der Waals surface area contributed by atoms with E-state index in [1.54, 1.807) is 19.2 Å². The van der Waals surface area contributed by atoms with Crippen LogP contribution in [0.3, 0.4) is 0 Å². The smallest absolute Gasteiger partial charge is 0.410 e. The van der Waals surface area contributed by atoms with E-state index in [-0.39, 0.29) is 5.91 Å². The van der Waals surface area contributed by atoms with E-state index in [1.807, 2.05) is 69.3 Å². The maximum atomic E-state index is 12.8. The lowest BCUT2D eigenvalue weighted by atomic mass is 10.1. The Kier molecular flexibility index (Phi) is 9.38. The van der Waals surface area contributed by atoms with Gasteiger partial charge >= 0.3 is 6.09 Å². The Hall–Kier alpha value is -4.90. The molecular formula is C34H41N7O4. The van der Waals surface area contributed by atoms with Gasteiger partial charge in [-0.25, -0.2) is 14.8 Å². The molecule has 2 aromatic heterocycles. The van der Waals surface area contributed by atoms with Gasteiger partial charge < -0.3 is 34.6 Å². The van der Waals surface area contributed by atoms with Crippen molar-refractivity contribution in [2.75, 3.05) is 47.4 Å². The van der Waals surface area contributed by atoms with Gasteiger partial charge in [-0.3, -0.25) is 4.79 Å². The Labute approximate surface area is 262 Å². The van der Waals surface area contributed by atoms with E-state index < -0.39 is 11.7 Å². The van der Waals surface area contributed by atoms with Crippen LogP contribution in [0.2, 0.25) is 0 Å². The van der Waals surface area contributed by atoms with Gasteiger partial charge in [-0.2, -0.15) is 0 Å². The highest BCUT2D eigenvalue weighted by Gasteiger charge is 2.19. The van der Waals surface area contributed by atoms with Gasteiger partial charge in [0.15, 0.2) is 0 Å². The Morgan fingerprint density at radius 1 is 0.822 bits per heavy atom. The number of H-pyrrole nitrogens is 2. The molecule has 2 amide bonds. The largest absolute Gasteiger partial charge is 0.493 e. The van der Waals surface area contributed by atoms with Crippen molar-refractivity contribution < 1.29 is 19.1 Å². The summed E-state index contributed by atoms with van der Waals surface area (Å²) >= 11 is 0. The van der Waals surface area contributed by atoms with Crippen LogP contribution in [0.25, 0.3) is 44.8 Å². The highest BCUT2D eigenvalue weighted by atomic mass is 16.6. The number of aromatic amines is 2. The van der Waals surface area contributed by atoms with E-state index >= 15 is 0 Å². The molecule has 0 saturated carbocycles. The fourth-order valence-electron chi connectivity index (χ4n) is 4.73. The number of benzene rings is 3. The van der Waals surface area contributed by atoms with Crippen LogP contribution in [0.1, 0.15) is 37.6 Å². The first-order valence-electron chi connectivity index (χ1n) is 15.1. The zero-order valence-corrected chi connectivity index (χ0v) is 26.7. The van der Waals surface area contributed by atoms with E-state index in [0.29, 0.717) is 31.1 Å². The number of hydrogen-bond acceptors (Lipinski definition) is 7. The molecule has 11 nitrogen and oxygen atoms in total. The molecule has 3 aromatic carbocycles. The standard InChI is InChI=1S/C34H41N7O4/c1-34(2,3)45-33(43)41(6)18-16-35-32(42)24-12-14-26-28(20-24)38-30(36-26)22-8-10-23(11-9-22)31-37-27-15-13-25(21-29(27)39-31)44-19-7-17-40(4)5/h8-15,20-21H,7,16-19H2,1-6H3,(H,35,42)(H,36,38)(H,37,39). The SMILES string of the molecule is CN(C)CCCOc1ccc2nc(-c3ccc(-c4nc5ccc(C(=O)NCCN(C)C(=O)OC(C)(C)C)cc5[nH]4)cc3)[nH]c2c1. The summed E-state index contributed by atoms with van der Waals surface area (Å²) in [6.07, 6.45) is 0.531. The number of carbonyl (C=O) groups is 2. The van der Waals surface area contributed by atoms with Crippen LogP contribution in [0.15, 0.2) is 60.7 Å². The zero-order valence-electron chi connectivity index (χ0n) is 26.7. The van der Waals surface area contributed by atoms with Crippen LogP contribution in [0.4, 0.5) is 4.79 Å². The number of nitrogens with zero attached hydrogens (tertiary/aromatic N) is 4. The fraction of sp³-hybridized carbons (Fsp3) is 0.353. The molecule has 0 bridgehead atoms. The molecule has 2 heterocycles. The molecule has 45 heavy (non-hydrogen) atoms. The zero-order chi connectivity index (χ0) is 32.1. The van der Waals surface area contributed by atoms with Gasteiger partial charge in [0.1, 0.15) is 23.0 Å². The molecule has 0 fully saturated rings. The normalized spacial score (nSPS) is 11.7. The van der Waals surface area contributed by atoms with Crippen LogP contribution < -0.4 is 10.1 Å². The van der Waals surface area contributed by atoms with Crippen molar-refractivity contribution in [1.82, 2.24) is 35.1 Å². The van der Waals surface area contributed by atoms with Crippen LogP contribution in [-0.4, -0.2) is 94.7 Å². The van der Waals surface area contributed by atoms with Crippen molar-refractivity contribution in [1.29, 1.82) is 0 Å². The fourth-order valence-corrected chi connectivity index (χ4v) is 4.73. The van der Waals surface area contributed by atoms with Gasteiger partial charge in [0.2, 0.25) is 0 Å². The molecule has 0 atom stereocenters. The molecule has 11 heteroatoms. The van der Waals surface area contributed by atoms with Crippen molar-refractivity contribution in [3.63, 3.8) is 0 Å². The molecule has 5 aromatic rings. The van der Waals surface area contributed by atoms with Crippen LogP contribution >= 0.6 is 0 Å². The molecule has 0 aliphatic heterocycles. The quantitative estimate of drug-likeness (QED) is 0.164. The minimum atomic E-state index is -0.574. The maximum absolute atomic E-state index is 12.8. The molecule has 5 rings (SSSR count). The number of amides is 2. The number of ether oxygens (including phenoxy) is 2. The third kappa shape index (κ3) is 8.18. The lowest BCUT2D eigenvalue weighted by Crippen LogP contribution is -2.39. The topological polar surface area (TPSA) is 128 Å². The Balaban J connectivity index is 1.20. The third-order valence-electron chi connectivity index (χ3n) is 7.09. The Morgan fingerprint density at radius 3 is 2.02 bits per heavy atom. The summed E-state index contributed by atoms with van der Waals surface area (Å²) in [4.78, 5) is 44.7. The first kappa shape index (κ1) is 31.5. The lowest BCUT2D eigenvalue weighted by molar-refractivity contribution is 0.0299. The second kappa shape index (κ2) is 13.4. The van der Waals surface area contributed by atoms with E-state index in [2.05, 4.69) is 34.3 Å². The van der Waals surface area contributed by atoms with Crippen LogP contribution in [0.5, 0.6) is 5.75 Å². The molecule has 0 aliphatic carbocycles. The summed E-state index contributed by atoms with van der Waals surface area (Å²) in [5.41, 5.74) is 5.10. The van der Waals surface area contributed by atoms with E-state index in [4.69, 9.17) is 19.4 Å². The number of imidazole rings is 2. The summed E-state index contributed by atoms with van der Waals surface area (Å²) in [6, 6.07) is 19.2. The van der Waals surface area contributed by atoms with E-state index in [0.717, 1.165) is 57.7 Å². The van der Waals surface area contributed by atoms with Gasteiger partial charge in [0.25, 0.3) is 5.91 Å². The molecule has 0 radical (unpaired) electrons. The minimum Gasteiger partial charge on any atom is -0.493 e. The number of hydrogen-bond donors (Lipinski definition) is 3. The van der Waals surface area contributed by atoms with Gasteiger partial charge in [-0.1, -0.05) is 24.3 Å². The van der Waals surface area contributed by atoms with Crippen molar-refractivity contribution >= 4 is 34.1 Å². The Morgan fingerprint density at radius 2 is 1.42 bits per heavy atom. The van der Waals surface area contributed by atoms with Crippen molar-refractivity contribution in [3.8, 4) is 28.5 Å². The molecule has 236 valence electrons. The minimum absolute atomic E-state index is 0.233.